The first-order valence-electron chi connectivity index (χ1n) is 37.3. The Kier molecular flexibility index (Phi) is 38.6. The lowest BCUT2D eigenvalue weighted by Gasteiger charge is -2.30. The van der Waals surface area contributed by atoms with Gasteiger partial charge < -0.3 is 116 Å². The number of fused-ring (bicyclic) bond motifs is 1. The lowest BCUT2D eigenvalue weighted by Crippen LogP contribution is -2.59. The zero-order valence-electron chi connectivity index (χ0n) is 63.9. The highest BCUT2D eigenvalue weighted by Gasteiger charge is 2.41. The molecule has 5 aromatic rings. The minimum Gasteiger partial charge on any atom is -0.481 e. The number of aliphatic hydroxyl groups is 1. The van der Waals surface area contributed by atoms with Gasteiger partial charge in [-0.3, -0.25) is 67.1 Å². The topological polar surface area (TPSA) is 624 Å². The molecule has 24 N–H and O–H groups in total. The maximum absolute atomic E-state index is 14.8. The fourth-order valence-electron chi connectivity index (χ4n) is 12.3. The van der Waals surface area contributed by atoms with Gasteiger partial charge in [0.15, 0.2) is 0 Å². The number of rotatable bonds is 47. The molecular formula is C74H108N20O19. The molecule has 3 aromatic heterocycles. The number of aliphatic carboxylic acids is 3. The summed E-state index contributed by atoms with van der Waals surface area (Å²) in [6.45, 7) is 6.28. The van der Waals surface area contributed by atoms with Gasteiger partial charge in [0.05, 0.1) is 44.8 Å². The second kappa shape index (κ2) is 47.5. The van der Waals surface area contributed by atoms with Crippen molar-refractivity contribution in [2.45, 2.75) is 197 Å². The van der Waals surface area contributed by atoms with Crippen LogP contribution in [0.5, 0.6) is 0 Å². The highest BCUT2D eigenvalue weighted by Crippen LogP contribution is 2.23. The molecule has 39 nitrogen and oxygen atoms in total. The van der Waals surface area contributed by atoms with E-state index in [9.17, 15) is 82.4 Å². The molecule has 12 amide bonds. The minimum atomic E-state index is -1.81. The molecule has 6 rings (SSSR count). The summed E-state index contributed by atoms with van der Waals surface area (Å²) in [5.74, 6) is -14.6. The molecule has 1 saturated heterocycles. The maximum atomic E-state index is 14.8. The normalized spacial score (nSPS) is 15.1. The molecule has 1 fully saturated rings. The number of unbranched alkanes of at least 4 members (excludes halogenated alkanes) is 2. The van der Waals surface area contributed by atoms with E-state index in [0.29, 0.717) is 52.7 Å². The number of amides is 12. The lowest BCUT2D eigenvalue weighted by molar-refractivity contribution is -0.144. The number of hydrogen-bond acceptors (Lipinski definition) is 21. The third-order valence-corrected chi connectivity index (χ3v) is 17.9. The molecule has 0 saturated carbocycles. The lowest BCUT2D eigenvalue weighted by atomic mass is 10.00. The molecule has 0 bridgehead atoms. The van der Waals surface area contributed by atoms with E-state index in [1.807, 2.05) is 0 Å². The average Bonchev–Trinajstić information content (AvgIpc) is 1.70. The van der Waals surface area contributed by atoms with Gasteiger partial charge in [-0.25, -0.2) is 14.8 Å². The van der Waals surface area contributed by atoms with Crippen molar-refractivity contribution in [2.24, 2.45) is 29.0 Å². The number of carboxylic acids is 3. The molecule has 1 aliphatic heterocycles. The number of carboxylic acid groups (broad SMARTS) is 3. The van der Waals surface area contributed by atoms with Crippen molar-refractivity contribution in [1.82, 2.24) is 88.3 Å². The number of imidazole rings is 2. The molecule has 0 radical (unpaired) electrons. The van der Waals surface area contributed by atoms with E-state index in [-0.39, 0.29) is 102 Å². The molecule has 0 spiro atoms. The van der Waals surface area contributed by atoms with Crippen molar-refractivity contribution in [3.63, 3.8) is 0 Å². The van der Waals surface area contributed by atoms with Crippen LogP contribution in [0.25, 0.3) is 10.9 Å². The van der Waals surface area contributed by atoms with Gasteiger partial charge in [0, 0.05) is 80.0 Å². The SMILES string of the molecule is CC(=O)O.CC(C)C[C@H](NC(=O)[C@H](Cc1c[nH]c2ccccc12)NC(=O)[C@H](CCCCN)NC(=O)CNC(=O)[C@H](CC(C)C)NC(=O)[C@H](CO)NC(=O)[C@@H](N)Cc1cnc[nH]1)C(=O)NCC(=O)N[C@@H](Cc1cnc[nH]1)C(=O)N1CCC[C@H]1C(=O)N[C@@H](CC(=O)O)C(=O)N[C@@H](CCCCN)C(=O)N[C@H](Cc1ccccc1)C(=O)O. The van der Waals surface area contributed by atoms with Gasteiger partial charge in [-0.15, -0.1) is 0 Å². The average molecular weight is 1580 g/mol. The van der Waals surface area contributed by atoms with Crippen LogP contribution in [0.15, 0.2) is 85.8 Å². The van der Waals surface area contributed by atoms with Crippen LogP contribution >= 0.6 is 0 Å². The highest BCUT2D eigenvalue weighted by molar-refractivity contribution is 6.00. The van der Waals surface area contributed by atoms with Crippen molar-refractivity contribution >= 4 is 99.7 Å². The van der Waals surface area contributed by atoms with Crippen LogP contribution < -0.4 is 75.7 Å². The van der Waals surface area contributed by atoms with Crippen LogP contribution in [0, 0.1) is 11.8 Å². The number of para-hydroxylation sites is 1. The Bertz CT molecular complexity index is 3970. The predicted molar refractivity (Wildman–Crippen MR) is 408 cm³/mol. The van der Waals surface area contributed by atoms with Crippen LogP contribution in [0.2, 0.25) is 0 Å². The number of carbonyl (C=O) groups is 15. The van der Waals surface area contributed by atoms with Gasteiger partial charge in [0.25, 0.3) is 5.97 Å². The van der Waals surface area contributed by atoms with Crippen molar-refractivity contribution in [2.75, 3.05) is 39.3 Å². The Morgan fingerprint density at radius 1 is 0.522 bits per heavy atom. The standard InChI is InChI=1S/C72H104N20O17.C2H4O2/c1-40(2)25-51(63(99)80-36-60(95)84-55(30-45-34-77-39-82-45)71(107)92-24-14-21-58(92)70(106)89-54(31-61(96)97)68(104)85-50(20-11-13-23-74)66(102)90-56(72(108)109)27-42-15-6-5-7-16-42)86-67(103)53(28-43-32-78-48-18-9-8-17-46(43)48)88-65(101)49(19-10-12-22-73)83-59(94)35-79-64(100)52(26-41(3)4)87-69(105)57(37-93)91-62(98)47(75)29-44-33-76-38-81-44;1-2(3)4/h5-9,15-18,32-34,38-41,47,49-58,78,93H,10-14,19-31,35-37,73-75H2,1-4H3,(H,76,81)(H,77,82)(H,79,100)(H,80,99)(H,83,94)(H,84,95)(H,85,104)(H,86,103)(H,87,105)(H,88,101)(H,89,106)(H,90,102)(H,91,98)(H,96,97)(H,108,109);1H3,(H,3,4)/t47-,49-,50-,51-,52-,53-,54-,55-,56+,57-,58-;/m0./s1. The summed E-state index contributed by atoms with van der Waals surface area (Å²) in [6, 6.07) is 0.215. The summed E-state index contributed by atoms with van der Waals surface area (Å²) in [6.07, 6.45) is 7.56. The molecule has 2 aromatic carbocycles. The third kappa shape index (κ3) is 31.9. The van der Waals surface area contributed by atoms with Gasteiger partial charge in [-0.05, 0) is 106 Å². The first-order valence-corrected chi connectivity index (χ1v) is 37.3. The van der Waals surface area contributed by atoms with Gasteiger partial charge in [-0.2, -0.15) is 0 Å². The van der Waals surface area contributed by atoms with Crippen LogP contribution in [-0.2, 0) is 97.6 Å². The quantitative estimate of drug-likeness (QED) is 0.0171. The molecule has 11 atom stereocenters. The fourth-order valence-corrected chi connectivity index (χ4v) is 12.3. The summed E-state index contributed by atoms with van der Waals surface area (Å²) in [7, 11) is 0. The molecule has 0 unspecified atom stereocenters. The number of aromatic amines is 3. The zero-order chi connectivity index (χ0) is 83.3. The molecule has 0 aliphatic carbocycles. The number of aliphatic hydroxyl groups excluding tert-OH is 1. The van der Waals surface area contributed by atoms with Crippen molar-refractivity contribution in [3.05, 3.63) is 108 Å². The van der Waals surface area contributed by atoms with E-state index in [4.69, 9.17) is 27.1 Å². The Labute approximate surface area is 651 Å². The Morgan fingerprint density at radius 3 is 1.52 bits per heavy atom. The van der Waals surface area contributed by atoms with E-state index in [2.05, 4.69) is 83.4 Å². The molecule has 4 heterocycles. The highest BCUT2D eigenvalue weighted by atomic mass is 16.4. The summed E-state index contributed by atoms with van der Waals surface area (Å²) < 4.78 is 0. The van der Waals surface area contributed by atoms with Gasteiger partial charge in [0.1, 0.15) is 60.4 Å². The number of H-pyrrole nitrogens is 3. The molecular weight excluding hydrogens is 1470 g/mol. The zero-order valence-corrected chi connectivity index (χ0v) is 63.9. The van der Waals surface area contributed by atoms with E-state index in [0.717, 1.165) is 11.8 Å². The number of nitrogens with two attached hydrogens (primary N) is 3. The number of likely N-dealkylation sites (tertiary alicyclic amines) is 1. The summed E-state index contributed by atoms with van der Waals surface area (Å²) >= 11 is 0. The first kappa shape index (κ1) is 91.9. The summed E-state index contributed by atoms with van der Waals surface area (Å²) in [5.41, 5.74) is 20.3. The summed E-state index contributed by atoms with van der Waals surface area (Å²) in [4.78, 5) is 220. The second-order valence-corrected chi connectivity index (χ2v) is 28.2. The maximum Gasteiger partial charge on any atom is 0.326 e. The summed E-state index contributed by atoms with van der Waals surface area (Å²) in [5, 5.41) is 66.2. The molecule has 1 aliphatic rings. The number of nitrogens with zero attached hydrogens (tertiary/aromatic N) is 3. The smallest absolute Gasteiger partial charge is 0.326 e. The fraction of sp³-hybridized carbons (Fsp3) is 0.527. The number of aromatic nitrogens is 5. The molecule has 113 heavy (non-hydrogen) atoms. The first-order chi connectivity index (χ1) is 53.8. The number of hydrogen-bond donors (Lipinski definition) is 21. The second-order valence-electron chi connectivity index (χ2n) is 28.2. The number of carbonyl (C=O) groups excluding carboxylic acids is 12. The molecule has 39 heteroatoms. The van der Waals surface area contributed by atoms with Crippen LogP contribution in [0.3, 0.4) is 0 Å². The predicted octanol–water partition coefficient (Wildman–Crippen LogP) is -3.21. The largest absolute Gasteiger partial charge is 0.481 e. The van der Waals surface area contributed by atoms with Gasteiger partial charge >= 0.3 is 11.9 Å². The monoisotopic (exact) mass is 1580 g/mol. The van der Waals surface area contributed by atoms with E-state index >= 15 is 0 Å². The van der Waals surface area contributed by atoms with Crippen molar-refractivity contribution < 1.29 is 92.3 Å². The minimum absolute atomic E-state index is 0.000160. The Morgan fingerprint density at radius 2 is 1.00 bits per heavy atom. The molecule has 618 valence electrons. The number of nitrogens with one attached hydrogen (secondary N) is 14. The van der Waals surface area contributed by atoms with Crippen LogP contribution in [0.1, 0.15) is 128 Å². The third-order valence-electron chi connectivity index (χ3n) is 17.9. The van der Waals surface area contributed by atoms with E-state index in [1.165, 1.54) is 25.0 Å². The number of benzene rings is 2. The Hall–Kier alpha value is -11.7. The van der Waals surface area contributed by atoms with Crippen molar-refractivity contribution in [1.29, 1.82) is 0 Å². The van der Waals surface area contributed by atoms with Gasteiger partial charge in [0.2, 0.25) is 70.9 Å². The Balaban J connectivity index is 0.00000556. The van der Waals surface area contributed by atoms with Gasteiger partial charge in [-0.1, -0.05) is 76.2 Å². The van der Waals surface area contributed by atoms with E-state index in [1.54, 1.807) is 88.5 Å². The van der Waals surface area contributed by atoms with E-state index < -0.39 is 181 Å². The van der Waals surface area contributed by atoms with Crippen LogP contribution in [0.4, 0.5) is 0 Å². The van der Waals surface area contributed by atoms with Crippen LogP contribution in [-0.4, -0.2) is 245 Å². The van der Waals surface area contributed by atoms with Crippen molar-refractivity contribution in [3.8, 4) is 0 Å².